The Kier molecular flexibility index (Phi) is 3.03. The number of hydrogen-bond acceptors (Lipinski definition) is 8. The number of nitrogens with zero attached hydrogens (tertiary/aromatic N) is 4. The third-order valence-corrected chi connectivity index (χ3v) is 3.64. The summed E-state index contributed by atoms with van der Waals surface area (Å²) >= 11 is 0. The molecule has 2 aromatic heterocycles. The van der Waals surface area contributed by atoms with Gasteiger partial charge in [0.15, 0.2) is 5.82 Å². The third-order valence-electron chi connectivity index (χ3n) is 3.64. The van der Waals surface area contributed by atoms with Crippen molar-refractivity contribution in [1.29, 1.82) is 5.26 Å². The minimum atomic E-state index is -1.86. The van der Waals surface area contributed by atoms with E-state index in [0.29, 0.717) is 5.52 Å². The molecule has 0 bridgehead atoms. The minimum absolute atomic E-state index is 0.201. The molecule has 0 aliphatic carbocycles. The van der Waals surface area contributed by atoms with Gasteiger partial charge in [0.05, 0.1) is 12.3 Å². The van der Waals surface area contributed by atoms with Crippen LogP contribution >= 0.6 is 0 Å². The first-order valence-corrected chi connectivity index (χ1v) is 6.19. The second-order valence-corrected chi connectivity index (χ2v) is 4.82. The van der Waals surface area contributed by atoms with Crippen LogP contribution in [0.5, 0.6) is 0 Å². The van der Waals surface area contributed by atoms with Crippen molar-refractivity contribution in [1.82, 2.24) is 14.6 Å². The first-order chi connectivity index (χ1) is 10.0. The predicted octanol–water partition coefficient (Wildman–Crippen LogP) is -1.86. The Morgan fingerprint density at radius 2 is 2.19 bits per heavy atom. The molecule has 0 unspecified atom stereocenters. The molecule has 9 heteroatoms. The van der Waals surface area contributed by atoms with Crippen molar-refractivity contribution >= 4 is 11.3 Å². The summed E-state index contributed by atoms with van der Waals surface area (Å²) in [6, 6.07) is 4.96. The van der Waals surface area contributed by atoms with Crippen molar-refractivity contribution in [2.75, 3.05) is 12.3 Å². The molecular weight excluding hydrogens is 278 g/mol. The van der Waals surface area contributed by atoms with Crippen LogP contribution in [0.1, 0.15) is 5.69 Å². The lowest BCUT2D eigenvalue weighted by molar-refractivity contribution is -0.220. The number of nitrogens with two attached hydrogens (primary N) is 1. The first-order valence-electron chi connectivity index (χ1n) is 6.19. The molecule has 21 heavy (non-hydrogen) atoms. The molecule has 0 radical (unpaired) electrons. The number of aromatic nitrogens is 3. The van der Waals surface area contributed by atoms with E-state index in [1.54, 1.807) is 6.07 Å². The summed E-state index contributed by atoms with van der Waals surface area (Å²) in [7, 11) is 0. The Morgan fingerprint density at radius 1 is 1.43 bits per heavy atom. The maximum atomic E-state index is 10.2. The maximum Gasteiger partial charge on any atom is 0.225 e. The Morgan fingerprint density at radius 3 is 2.90 bits per heavy atom. The van der Waals surface area contributed by atoms with Crippen LogP contribution in [0.15, 0.2) is 18.5 Å². The number of aliphatic hydroxyl groups excluding tert-OH is 3. The molecule has 1 aliphatic heterocycles. The second kappa shape index (κ2) is 4.64. The van der Waals surface area contributed by atoms with Gasteiger partial charge in [-0.2, -0.15) is 10.4 Å². The molecule has 0 spiro atoms. The summed E-state index contributed by atoms with van der Waals surface area (Å²) in [4.78, 5) is 3.83. The summed E-state index contributed by atoms with van der Waals surface area (Å²) < 4.78 is 6.68. The lowest BCUT2D eigenvalue weighted by Gasteiger charge is -2.40. The zero-order chi connectivity index (χ0) is 15.2. The molecule has 0 amide bonds. The van der Waals surface area contributed by atoms with E-state index < -0.39 is 23.9 Å². The number of ether oxygens (including phenoxy) is 1. The molecule has 3 rings (SSSR count). The van der Waals surface area contributed by atoms with Gasteiger partial charge in [0.25, 0.3) is 0 Å². The molecule has 110 valence electrons. The van der Waals surface area contributed by atoms with Crippen LogP contribution in [-0.2, 0) is 10.3 Å². The quantitative estimate of drug-likeness (QED) is 0.478. The van der Waals surface area contributed by atoms with E-state index in [-0.39, 0.29) is 18.1 Å². The van der Waals surface area contributed by atoms with Gasteiger partial charge in [-0.25, -0.2) is 9.50 Å². The van der Waals surface area contributed by atoms with E-state index in [4.69, 9.17) is 10.5 Å². The van der Waals surface area contributed by atoms with Crippen LogP contribution < -0.4 is 5.73 Å². The fraction of sp³-hybridized carbons (Fsp3) is 0.417. The fourth-order valence-corrected chi connectivity index (χ4v) is 2.47. The van der Waals surface area contributed by atoms with Crippen LogP contribution in [0.4, 0.5) is 5.82 Å². The molecule has 0 saturated carbocycles. The van der Waals surface area contributed by atoms with E-state index in [0.717, 1.165) is 0 Å². The van der Waals surface area contributed by atoms with Gasteiger partial charge in [0.2, 0.25) is 5.60 Å². The van der Waals surface area contributed by atoms with Crippen molar-refractivity contribution in [2.45, 2.75) is 23.9 Å². The lowest BCUT2D eigenvalue weighted by Crippen LogP contribution is -2.58. The molecule has 5 N–H and O–H groups in total. The number of aliphatic hydroxyl groups is 3. The molecule has 1 saturated heterocycles. The molecule has 0 aromatic carbocycles. The zero-order valence-electron chi connectivity index (χ0n) is 10.8. The van der Waals surface area contributed by atoms with Crippen LogP contribution in [0.2, 0.25) is 0 Å². The van der Waals surface area contributed by atoms with Gasteiger partial charge in [0.1, 0.15) is 36.2 Å². The average molecular weight is 291 g/mol. The summed E-state index contributed by atoms with van der Waals surface area (Å²) in [5, 5.41) is 43.1. The maximum absolute atomic E-state index is 10.2. The smallest absolute Gasteiger partial charge is 0.225 e. The fourth-order valence-electron chi connectivity index (χ4n) is 2.47. The molecule has 1 fully saturated rings. The highest BCUT2D eigenvalue weighted by Crippen LogP contribution is 2.36. The van der Waals surface area contributed by atoms with Gasteiger partial charge in [0, 0.05) is 0 Å². The van der Waals surface area contributed by atoms with Crippen molar-refractivity contribution in [3.8, 4) is 6.07 Å². The number of nitriles is 1. The Labute approximate surface area is 118 Å². The van der Waals surface area contributed by atoms with E-state index in [2.05, 4.69) is 10.1 Å². The van der Waals surface area contributed by atoms with E-state index in [1.165, 1.54) is 16.9 Å². The monoisotopic (exact) mass is 291 g/mol. The van der Waals surface area contributed by atoms with E-state index in [9.17, 15) is 20.6 Å². The van der Waals surface area contributed by atoms with Crippen molar-refractivity contribution in [3.63, 3.8) is 0 Å². The van der Waals surface area contributed by atoms with Gasteiger partial charge < -0.3 is 25.8 Å². The van der Waals surface area contributed by atoms with Crippen molar-refractivity contribution < 1.29 is 20.1 Å². The second-order valence-electron chi connectivity index (χ2n) is 4.82. The van der Waals surface area contributed by atoms with Gasteiger partial charge in [-0.1, -0.05) is 0 Å². The SMILES string of the molecule is N#C[C@]1(c2ccc3c(N)ncnn23)OC[C@@H](O)[C@@H](O)[C@H]1O. The molecular formula is C12H13N5O4. The molecule has 4 atom stereocenters. The highest BCUT2D eigenvalue weighted by molar-refractivity contribution is 5.66. The van der Waals surface area contributed by atoms with Crippen LogP contribution in [0, 0.1) is 11.3 Å². The summed E-state index contributed by atoms with van der Waals surface area (Å²) in [6.07, 6.45) is -3.21. The average Bonchev–Trinajstić information content (AvgIpc) is 2.92. The normalized spacial score (nSPS) is 33.0. The minimum Gasteiger partial charge on any atom is -0.388 e. The summed E-state index contributed by atoms with van der Waals surface area (Å²) in [5.74, 6) is 0.204. The molecule has 1 aliphatic rings. The molecule has 2 aromatic rings. The van der Waals surface area contributed by atoms with E-state index in [1.807, 2.05) is 6.07 Å². The van der Waals surface area contributed by atoms with Gasteiger partial charge >= 0.3 is 0 Å². The number of anilines is 1. The van der Waals surface area contributed by atoms with Crippen LogP contribution in [0.3, 0.4) is 0 Å². The highest BCUT2D eigenvalue weighted by atomic mass is 16.5. The molecule has 9 nitrogen and oxygen atoms in total. The first kappa shape index (κ1) is 13.7. The number of hydrogen-bond donors (Lipinski definition) is 4. The van der Waals surface area contributed by atoms with E-state index >= 15 is 0 Å². The van der Waals surface area contributed by atoms with Gasteiger partial charge in [-0.15, -0.1) is 0 Å². The Hall–Kier alpha value is -2.25. The Balaban J connectivity index is 2.19. The number of rotatable bonds is 1. The van der Waals surface area contributed by atoms with Crippen molar-refractivity contribution in [2.24, 2.45) is 0 Å². The number of nitrogen functional groups attached to an aromatic ring is 1. The predicted molar refractivity (Wildman–Crippen MR) is 68.7 cm³/mol. The highest BCUT2D eigenvalue weighted by Gasteiger charge is 2.53. The third kappa shape index (κ3) is 1.78. The zero-order valence-corrected chi connectivity index (χ0v) is 10.8. The van der Waals surface area contributed by atoms with Crippen LogP contribution in [-0.4, -0.2) is 54.8 Å². The van der Waals surface area contributed by atoms with Gasteiger partial charge in [-0.05, 0) is 12.1 Å². The van der Waals surface area contributed by atoms with Crippen molar-refractivity contribution in [3.05, 3.63) is 24.2 Å². The summed E-state index contributed by atoms with van der Waals surface area (Å²) in [6.45, 7) is -0.292. The molecule has 3 heterocycles. The topological polar surface area (TPSA) is 150 Å². The van der Waals surface area contributed by atoms with Crippen LogP contribution in [0.25, 0.3) is 5.52 Å². The summed E-state index contributed by atoms with van der Waals surface area (Å²) in [5.41, 5.74) is 4.51. The standard InChI is InChI=1S/C12H13N5O4/c13-4-12(10(20)9(19)7(18)3-21-12)8-2-1-6-11(14)15-5-16-17(6)8/h1-2,5,7,9-10,18-20H,3H2,(H2,14,15,16)/t7-,9-,10-,12-/m1/s1. The van der Waals surface area contributed by atoms with Gasteiger partial charge in [-0.3, -0.25) is 0 Å². The largest absolute Gasteiger partial charge is 0.388 e. The Bertz CT molecular complexity index is 726. The lowest BCUT2D eigenvalue weighted by atomic mass is 9.86. The number of fused-ring (bicyclic) bond motifs is 1.